The molecule has 0 fully saturated rings. The van der Waals surface area contributed by atoms with E-state index in [9.17, 15) is 19.2 Å². The van der Waals surface area contributed by atoms with Crippen LogP contribution in [0.4, 0.5) is 0 Å². The molecule has 0 radical (unpaired) electrons. The minimum absolute atomic E-state index is 0.0306. The molecule has 0 aromatic carbocycles. The average molecular weight is 2180 g/mol. The third kappa shape index (κ3) is 30.7. The Labute approximate surface area is 798 Å². The molecule has 0 saturated heterocycles. The van der Waals surface area contributed by atoms with Crippen LogP contribution in [-0.4, -0.2) is 57.2 Å². The maximum Gasteiger partial charge on any atom is 0.232 e. The van der Waals surface area contributed by atoms with Gasteiger partial charge >= 0.3 is 310 Å². The van der Waals surface area contributed by atoms with Gasteiger partial charge in [-0.3, -0.25) is 19.2 Å². The van der Waals surface area contributed by atoms with Gasteiger partial charge < -0.3 is 0 Å². The predicted molar refractivity (Wildman–Crippen MR) is 563 cm³/mol. The van der Waals surface area contributed by atoms with Gasteiger partial charge in [-0.25, -0.2) is 0 Å². The Balaban J connectivity index is 0.000000221. The van der Waals surface area contributed by atoms with E-state index in [2.05, 4.69) is 192 Å². The second kappa shape index (κ2) is 52.9. The van der Waals surface area contributed by atoms with Crippen molar-refractivity contribution in [2.75, 3.05) is 0 Å². The number of halogens is 2. The number of thiophene rings is 8. The number of thioether (sulfide) groups is 4. The van der Waals surface area contributed by atoms with E-state index in [-0.39, 0.29) is 20.5 Å². The molecule has 0 aliphatic carbocycles. The molecular weight excluding hydrogens is 2050 g/mol. The normalized spacial score (nSPS) is 14.3. The van der Waals surface area contributed by atoms with Crippen molar-refractivity contribution in [3.8, 4) is 58.5 Å². The zero-order chi connectivity index (χ0) is 85.6. The summed E-state index contributed by atoms with van der Waals surface area (Å²) in [5.74, 6) is 0. The maximum absolute atomic E-state index is 13.4. The second-order valence-corrected chi connectivity index (χ2v) is 80.6. The molecule has 0 amide bonds. The van der Waals surface area contributed by atoms with Crippen LogP contribution in [0.3, 0.4) is 0 Å². The fourth-order valence-corrected chi connectivity index (χ4v) is 42.0. The third-order valence-corrected chi connectivity index (χ3v) is 59.1. The van der Waals surface area contributed by atoms with Crippen LogP contribution >= 0.6 is 170 Å². The molecule has 0 spiro atoms. The van der Waals surface area contributed by atoms with E-state index < -0.39 is 36.8 Å². The van der Waals surface area contributed by atoms with Gasteiger partial charge in [-0.1, -0.05) is 169 Å². The van der Waals surface area contributed by atoms with Gasteiger partial charge in [-0.05, 0) is 166 Å². The molecule has 12 rings (SSSR count). The largest absolute Gasteiger partial charge is 0.282 e. The van der Waals surface area contributed by atoms with Gasteiger partial charge in [0.05, 0.1) is 14.5 Å². The van der Waals surface area contributed by atoms with Gasteiger partial charge in [0.2, 0.25) is 20.5 Å². The molecule has 4 aliphatic heterocycles. The average Bonchev–Trinajstić information content (AvgIpc) is 1.59. The van der Waals surface area contributed by atoms with Crippen molar-refractivity contribution < 1.29 is 19.2 Å². The Morgan fingerprint density at radius 2 is 0.517 bits per heavy atom. The summed E-state index contributed by atoms with van der Waals surface area (Å²) >= 11 is 22.6. The van der Waals surface area contributed by atoms with Crippen LogP contribution in [0.5, 0.6) is 0 Å². The van der Waals surface area contributed by atoms with Crippen LogP contribution in [0.25, 0.3) is 64.1 Å². The zero-order valence-corrected chi connectivity index (χ0v) is 93.0. The first-order valence-electron chi connectivity index (χ1n) is 46.0. The third-order valence-electron chi connectivity index (χ3n) is 23.1. The summed E-state index contributed by atoms with van der Waals surface area (Å²) in [6.45, 7) is 13.3. The molecule has 4 nitrogen and oxygen atoms in total. The van der Waals surface area contributed by atoms with Gasteiger partial charge in [0, 0.05) is 64.2 Å². The maximum atomic E-state index is 13.4. The summed E-state index contributed by atoms with van der Waals surface area (Å²) in [5.41, 5.74) is 7.64. The number of hydrogen-bond donors (Lipinski definition) is 0. The van der Waals surface area contributed by atoms with Crippen LogP contribution < -0.4 is 5.79 Å². The number of carbonyl (C=O) groups excluding carboxylic acids is 4. The summed E-state index contributed by atoms with van der Waals surface area (Å²) < 4.78 is 4.50. The molecule has 0 saturated carbocycles. The zero-order valence-electron chi connectivity index (χ0n) is 74.3. The number of rotatable bonds is 53. The number of fused-ring (bicyclic) bond motifs is 2. The van der Waals surface area contributed by atoms with E-state index in [1.165, 1.54) is 364 Å². The van der Waals surface area contributed by atoms with Crippen molar-refractivity contribution in [1.82, 2.24) is 0 Å². The fraction of sp³-hybridized carbons (Fsp3) is 0.560. The van der Waals surface area contributed by atoms with Gasteiger partial charge in [0.25, 0.3) is 0 Å². The van der Waals surface area contributed by atoms with Crippen LogP contribution in [0.15, 0.2) is 107 Å². The van der Waals surface area contributed by atoms with Crippen molar-refractivity contribution >= 4 is 238 Å². The van der Waals surface area contributed by atoms with E-state index in [0.29, 0.717) is 8.96 Å². The Morgan fingerprint density at radius 1 is 0.258 bits per heavy atom. The first kappa shape index (κ1) is 101. The number of carbonyl (C=O) groups is 4. The molecule has 12 heterocycles. The predicted octanol–water partition coefficient (Wildman–Crippen LogP) is 37.4. The van der Waals surface area contributed by atoms with E-state index in [0.717, 1.165) is 65.6 Å². The van der Waals surface area contributed by atoms with Gasteiger partial charge in [0.1, 0.15) is 0 Å². The molecule has 20 heteroatoms. The van der Waals surface area contributed by atoms with Crippen LogP contribution in [0.1, 0.15) is 323 Å². The Morgan fingerprint density at radius 3 is 0.833 bits per heavy atom. The molecule has 654 valence electrons. The van der Waals surface area contributed by atoms with Gasteiger partial charge in [-0.2, -0.15) is 0 Å². The minimum Gasteiger partial charge on any atom is -0.282 e. The molecule has 0 bridgehead atoms. The minimum atomic E-state index is -2.15. The summed E-state index contributed by atoms with van der Waals surface area (Å²) in [6, 6.07) is 29.0. The quantitative estimate of drug-likeness (QED) is 0.0276. The van der Waals surface area contributed by atoms with Crippen LogP contribution in [-0.2, 0) is 44.9 Å². The first-order chi connectivity index (χ1) is 58.0. The molecule has 120 heavy (non-hydrogen) atoms. The fourth-order valence-electron chi connectivity index (χ4n) is 15.9. The molecule has 8 aromatic rings. The van der Waals surface area contributed by atoms with Crippen molar-refractivity contribution in [3.63, 3.8) is 0 Å². The molecular formula is C100H136Br2O4S12Sn2. The van der Waals surface area contributed by atoms with Crippen molar-refractivity contribution in [2.45, 2.75) is 354 Å². The Kier molecular flexibility index (Phi) is 44.7. The SMILES string of the molecule is CCCCCCCCCCCCc1c[c]([Sn]([CH3])([CH3])[CH3])sc1-c1ccc(-c2ccc(-c3s[c]([Sn]([CH3])([CH3])[CH3])cc3CCCCCCCCCCCC)s2)s1.CCCCCCCCCCCCc1cc(C)sc1-c1ccc(-c2ccc(-c3sc(C4=C5SC(=O)C(C)=C5SC4=O)cc3CCCCCCCCCCCC)s2)s1.O=C1SC2=C(Br)C(=O)SC2=C1Br. The standard InChI is InChI=1S/C48H62O2S6.C40H56S4.C6Br2O2S2.6CH3.2Sn/c1-5-7-9-11-13-15-17-19-21-23-25-35-31-33(3)51-44(35)39-29-27-37(52-39)38-28-30-40(53-38)45-36(26-24-22-20-18-16-14-12-10-8-6-2)32-41(54-45)42-46-43(55-48(42)50)34(4)47(49)56-46;1-3-5-7-9-11-13-15-17-19-21-23-33-29-31-41-39(33)37-27-25-35(43-37)36-26-28-38(44-36)40-34(30-32-42-40)24-22-20-18-16-14-12-10-8-6-4-2;7-1-3-4(12-5(1)9)2(8)6(10)11-3;;;;;;;;/h27-32H,5-26H2,1-4H3;25-30H,3-24H2,1-2H3;;6*1H3;;. The molecule has 4 aliphatic rings. The summed E-state index contributed by atoms with van der Waals surface area (Å²) in [5, 5.41) is 0.104. The molecule has 0 unspecified atom stereocenters. The summed E-state index contributed by atoms with van der Waals surface area (Å²) in [7, 11) is 0. The van der Waals surface area contributed by atoms with E-state index >= 15 is 0 Å². The second-order valence-electron chi connectivity index (χ2n) is 35.5. The Bertz CT molecular complexity index is 4570. The number of hydrogen-bond acceptors (Lipinski definition) is 16. The number of unbranched alkanes of at least 4 members (excludes halogenated alkanes) is 36. The summed E-state index contributed by atoms with van der Waals surface area (Å²) in [4.78, 5) is 86.6. The monoisotopic (exact) mass is 2180 g/mol. The first-order valence-corrected chi connectivity index (χ1v) is 77.4. The number of aryl methyl sites for hydroxylation is 5. The van der Waals surface area contributed by atoms with E-state index in [1.54, 1.807) is 38.0 Å². The van der Waals surface area contributed by atoms with Crippen molar-refractivity contribution in [3.05, 3.63) is 139 Å². The van der Waals surface area contributed by atoms with Crippen molar-refractivity contribution in [2.24, 2.45) is 0 Å². The van der Waals surface area contributed by atoms with Crippen LogP contribution in [0, 0.1) is 6.92 Å². The molecule has 0 atom stereocenters. The van der Waals surface area contributed by atoms with Crippen molar-refractivity contribution in [1.29, 1.82) is 0 Å². The van der Waals surface area contributed by atoms with Crippen LogP contribution in [0.2, 0.25) is 29.6 Å². The van der Waals surface area contributed by atoms with E-state index in [4.69, 9.17) is 0 Å². The van der Waals surface area contributed by atoms with Gasteiger partial charge in [-0.15, -0.1) is 45.3 Å². The van der Waals surface area contributed by atoms with Gasteiger partial charge in [0.15, 0.2) is 0 Å². The smallest absolute Gasteiger partial charge is 0.232 e. The molecule has 8 aromatic heterocycles. The molecule has 0 N–H and O–H groups in total. The Hall–Kier alpha value is -0.803. The topological polar surface area (TPSA) is 68.3 Å². The van der Waals surface area contributed by atoms with E-state index in [1.807, 2.05) is 63.6 Å². The summed E-state index contributed by atoms with van der Waals surface area (Å²) in [6.07, 6.45) is 59.8.